The van der Waals surface area contributed by atoms with Crippen molar-refractivity contribution in [1.82, 2.24) is 15.6 Å². The summed E-state index contributed by atoms with van der Waals surface area (Å²) >= 11 is 0. The molecule has 140 valence electrons. The number of rotatable bonds is 2. The van der Waals surface area contributed by atoms with Gasteiger partial charge < -0.3 is 5.32 Å². The molecule has 5 rings (SSSR count). The van der Waals surface area contributed by atoms with Gasteiger partial charge in [0.25, 0.3) is 0 Å². The van der Waals surface area contributed by atoms with Gasteiger partial charge in [0, 0.05) is 23.0 Å². The average Bonchev–Trinajstić information content (AvgIpc) is 2.74. The fourth-order valence-electron chi connectivity index (χ4n) is 4.26. The number of amides is 3. The van der Waals surface area contributed by atoms with Gasteiger partial charge in [-0.05, 0) is 18.4 Å². The van der Waals surface area contributed by atoms with Gasteiger partial charge in [-0.3, -0.25) is 15.1 Å². The number of hydrogen-bond donors (Lipinski definition) is 2. The molecule has 3 amide bonds. The number of urea groups is 1. The van der Waals surface area contributed by atoms with Gasteiger partial charge >= 0.3 is 6.03 Å². The number of pyridine rings is 1. The molecule has 3 heterocycles. The van der Waals surface area contributed by atoms with E-state index in [1.165, 1.54) is 10.5 Å². The van der Waals surface area contributed by atoms with Crippen LogP contribution < -0.4 is 15.5 Å². The first kappa shape index (κ1) is 16.9. The lowest BCUT2D eigenvalue weighted by atomic mass is 9.86. The van der Waals surface area contributed by atoms with Gasteiger partial charge in [-0.2, -0.15) is 0 Å². The maximum Gasteiger partial charge on any atom is 0.330 e. The van der Waals surface area contributed by atoms with Crippen LogP contribution in [0.15, 0.2) is 67.0 Å². The number of anilines is 1. The van der Waals surface area contributed by atoms with Gasteiger partial charge in [-0.25, -0.2) is 9.69 Å². The molecule has 2 fully saturated rings. The largest absolute Gasteiger partial charge is 0.330 e. The first-order valence-corrected chi connectivity index (χ1v) is 9.50. The van der Waals surface area contributed by atoms with E-state index in [2.05, 4.69) is 27.8 Å². The number of imide groups is 1. The SMILES string of the molecule is O=C1NC2NC(c3ccccc3)CCC2C(=O)N1c1cncc2ccccc12. The van der Waals surface area contributed by atoms with Crippen molar-refractivity contribution < 1.29 is 9.59 Å². The summed E-state index contributed by atoms with van der Waals surface area (Å²) in [5.74, 6) is -0.470. The Labute approximate surface area is 162 Å². The highest BCUT2D eigenvalue weighted by Gasteiger charge is 2.45. The van der Waals surface area contributed by atoms with Crippen molar-refractivity contribution in [3.63, 3.8) is 0 Å². The van der Waals surface area contributed by atoms with E-state index in [4.69, 9.17) is 0 Å². The lowest BCUT2D eigenvalue weighted by Gasteiger charge is -2.43. The number of aromatic nitrogens is 1. The highest BCUT2D eigenvalue weighted by Crippen LogP contribution is 2.34. The van der Waals surface area contributed by atoms with Gasteiger partial charge in [0.05, 0.1) is 24.0 Å². The lowest BCUT2D eigenvalue weighted by Crippen LogP contribution is -2.66. The summed E-state index contributed by atoms with van der Waals surface area (Å²) in [5.41, 5.74) is 1.70. The second-order valence-electron chi connectivity index (χ2n) is 7.29. The predicted octanol–water partition coefficient (Wildman–Crippen LogP) is 3.36. The number of benzene rings is 2. The summed E-state index contributed by atoms with van der Waals surface area (Å²) in [5, 5.41) is 8.17. The predicted molar refractivity (Wildman–Crippen MR) is 107 cm³/mol. The Kier molecular flexibility index (Phi) is 4.06. The van der Waals surface area contributed by atoms with Crippen LogP contribution in [-0.2, 0) is 4.79 Å². The molecule has 28 heavy (non-hydrogen) atoms. The minimum atomic E-state index is -0.411. The zero-order valence-corrected chi connectivity index (χ0v) is 15.2. The molecular formula is C22H20N4O2. The third-order valence-corrected chi connectivity index (χ3v) is 5.66. The second-order valence-corrected chi connectivity index (χ2v) is 7.29. The zero-order valence-electron chi connectivity index (χ0n) is 15.2. The topological polar surface area (TPSA) is 74.3 Å². The number of fused-ring (bicyclic) bond motifs is 2. The van der Waals surface area contributed by atoms with E-state index in [9.17, 15) is 9.59 Å². The quantitative estimate of drug-likeness (QED) is 0.723. The van der Waals surface area contributed by atoms with Crippen LogP contribution in [0.3, 0.4) is 0 Å². The van der Waals surface area contributed by atoms with Gasteiger partial charge in [-0.15, -0.1) is 0 Å². The Morgan fingerprint density at radius 1 is 0.929 bits per heavy atom. The molecule has 0 saturated carbocycles. The van der Waals surface area contributed by atoms with E-state index in [-0.39, 0.29) is 24.0 Å². The van der Waals surface area contributed by atoms with Crippen LogP contribution in [0.25, 0.3) is 10.8 Å². The average molecular weight is 372 g/mol. The van der Waals surface area contributed by atoms with E-state index in [1.807, 2.05) is 42.5 Å². The molecule has 6 heteroatoms. The van der Waals surface area contributed by atoms with Crippen LogP contribution in [0.1, 0.15) is 24.4 Å². The molecule has 3 unspecified atom stereocenters. The van der Waals surface area contributed by atoms with Crippen molar-refractivity contribution in [1.29, 1.82) is 0 Å². The molecule has 0 bridgehead atoms. The summed E-state index contributed by atoms with van der Waals surface area (Å²) in [6, 6.07) is 17.5. The molecule has 0 spiro atoms. The lowest BCUT2D eigenvalue weighted by molar-refractivity contribution is -0.125. The maximum absolute atomic E-state index is 13.3. The van der Waals surface area contributed by atoms with E-state index in [0.717, 1.165) is 17.2 Å². The van der Waals surface area contributed by atoms with Crippen molar-refractivity contribution in [3.05, 3.63) is 72.6 Å². The minimum Gasteiger partial charge on any atom is -0.321 e. The van der Waals surface area contributed by atoms with Crippen LogP contribution in [-0.4, -0.2) is 23.1 Å². The van der Waals surface area contributed by atoms with E-state index in [1.54, 1.807) is 12.4 Å². The molecule has 2 aromatic carbocycles. The molecule has 0 aliphatic carbocycles. The van der Waals surface area contributed by atoms with Crippen molar-refractivity contribution in [2.45, 2.75) is 25.0 Å². The van der Waals surface area contributed by atoms with Gasteiger partial charge in [0.15, 0.2) is 0 Å². The Morgan fingerprint density at radius 2 is 1.71 bits per heavy atom. The molecule has 2 N–H and O–H groups in total. The third-order valence-electron chi connectivity index (χ3n) is 5.66. The standard InChI is InChI=1S/C22H20N4O2/c27-21-17-10-11-18(14-6-2-1-3-7-14)24-20(17)25-22(28)26(21)19-13-23-12-15-8-4-5-9-16(15)19/h1-9,12-13,17-18,20,24H,10-11H2,(H,25,28). The van der Waals surface area contributed by atoms with Crippen molar-refractivity contribution in [2.24, 2.45) is 5.92 Å². The highest BCUT2D eigenvalue weighted by atomic mass is 16.2. The van der Waals surface area contributed by atoms with Gasteiger partial charge in [-0.1, -0.05) is 54.6 Å². The molecule has 0 radical (unpaired) electrons. The summed E-state index contributed by atoms with van der Waals surface area (Å²) in [4.78, 5) is 31.6. The normalized spacial score (nSPS) is 24.7. The van der Waals surface area contributed by atoms with Crippen LogP contribution in [0.5, 0.6) is 0 Å². The number of carbonyl (C=O) groups is 2. The minimum absolute atomic E-state index is 0.126. The zero-order chi connectivity index (χ0) is 19.1. The van der Waals surface area contributed by atoms with E-state index in [0.29, 0.717) is 12.1 Å². The maximum atomic E-state index is 13.3. The third kappa shape index (κ3) is 2.73. The van der Waals surface area contributed by atoms with Gasteiger partial charge in [0.1, 0.15) is 0 Å². The Hall–Kier alpha value is -3.25. The first-order chi connectivity index (χ1) is 13.7. The van der Waals surface area contributed by atoms with Crippen molar-refractivity contribution in [2.75, 3.05) is 4.90 Å². The Morgan fingerprint density at radius 3 is 2.57 bits per heavy atom. The van der Waals surface area contributed by atoms with Gasteiger partial charge in [0.2, 0.25) is 5.91 Å². The van der Waals surface area contributed by atoms with E-state index < -0.39 is 6.03 Å². The fourth-order valence-corrected chi connectivity index (χ4v) is 4.26. The Balaban J connectivity index is 1.45. The fraction of sp³-hybridized carbons (Fsp3) is 0.227. The van der Waals surface area contributed by atoms with Crippen LogP contribution in [0.2, 0.25) is 0 Å². The number of piperidine rings is 1. The molecular weight excluding hydrogens is 352 g/mol. The van der Waals surface area contributed by atoms with Crippen LogP contribution in [0, 0.1) is 5.92 Å². The molecule has 2 aliphatic heterocycles. The molecule has 3 atom stereocenters. The number of carbonyl (C=O) groups excluding carboxylic acids is 2. The highest BCUT2D eigenvalue weighted by molar-refractivity contribution is 6.20. The summed E-state index contributed by atoms with van der Waals surface area (Å²) in [6.07, 6.45) is 4.52. The summed E-state index contributed by atoms with van der Waals surface area (Å²) < 4.78 is 0. The molecule has 6 nitrogen and oxygen atoms in total. The molecule has 3 aromatic rings. The van der Waals surface area contributed by atoms with Crippen LogP contribution >= 0.6 is 0 Å². The molecule has 1 aromatic heterocycles. The summed E-state index contributed by atoms with van der Waals surface area (Å²) in [7, 11) is 0. The summed E-state index contributed by atoms with van der Waals surface area (Å²) in [6.45, 7) is 0. The first-order valence-electron chi connectivity index (χ1n) is 9.50. The van der Waals surface area contributed by atoms with E-state index >= 15 is 0 Å². The van der Waals surface area contributed by atoms with Crippen LogP contribution in [0.4, 0.5) is 10.5 Å². The smallest absolute Gasteiger partial charge is 0.321 e. The van der Waals surface area contributed by atoms with Crippen molar-refractivity contribution in [3.8, 4) is 0 Å². The number of nitrogens with one attached hydrogen (secondary N) is 2. The monoisotopic (exact) mass is 372 g/mol. The molecule has 2 saturated heterocycles. The second kappa shape index (κ2) is 6.73. The van der Waals surface area contributed by atoms with Crippen molar-refractivity contribution >= 4 is 28.4 Å². The molecule has 2 aliphatic rings. The Bertz CT molecular complexity index is 1050. The number of nitrogens with zero attached hydrogens (tertiary/aromatic N) is 2. The number of hydrogen-bond acceptors (Lipinski definition) is 4.